The fourth-order valence-corrected chi connectivity index (χ4v) is 0.340. The average Bonchev–Trinajstić information content (AvgIpc) is 1.86. The summed E-state index contributed by atoms with van der Waals surface area (Å²) in [6.45, 7) is 4.11. The fraction of sp³-hybridized carbons (Fsp3) is 0.333. The van der Waals surface area contributed by atoms with Crippen molar-refractivity contribution in [2.75, 3.05) is 0 Å². The molecular formula is C6H7NO4. The topological polar surface area (TPSA) is 76.0 Å². The Morgan fingerprint density at radius 2 is 2.45 bits per heavy atom. The average molecular weight is 157 g/mol. The second-order valence-electron chi connectivity index (χ2n) is 1.76. The van der Waals surface area contributed by atoms with Gasteiger partial charge in [-0.25, -0.2) is 9.59 Å². The maximum atomic E-state index is 10.4. The number of carbonyl (C=O) groups is 1. The lowest BCUT2D eigenvalue weighted by molar-refractivity contribution is -0.192. The molecule has 1 unspecified atom stereocenters. The first-order chi connectivity index (χ1) is 5.02. The van der Waals surface area contributed by atoms with Crippen LogP contribution in [0.15, 0.2) is 17.6 Å². The van der Waals surface area contributed by atoms with Gasteiger partial charge in [-0.2, -0.15) is 0 Å². The van der Waals surface area contributed by atoms with E-state index in [2.05, 4.69) is 16.3 Å². The van der Waals surface area contributed by atoms with Gasteiger partial charge in [-0.05, 0) is 0 Å². The molecule has 0 radical (unpaired) electrons. The van der Waals surface area contributed by atoms with Crippen molar-refractivity contribution >= 4 is 12.0 Å². The molecule has 0 aliphatic rings. The monoisotopic (exact) mass is 157 g/mol. The second-order valence-corrected chi connectivity index (χ2v) is 1.76. The Morgan fingerprint density at radius 1 is 1.91 bits per heavy atom. The number of aliphatic hydroxyl groups is 1. The molecule has 0 saturated carbocycles. The molecule has 11 heavy (non-hydrogen) atoms. The van der Waals surface area contributed by atoms with Crippen LogP contribution < -0.4 is 0 Å². The van der Waals surface area contributed by atoms with Gasteiger partial charge < -0.3 is 9.84 Å². The van der Waals surface area contributed by atoms with Crippen LogP contribution >= 0.6 is 0 Å². The summed E-state index contributed by atoms with van der Waals surface area (Å²) in [6, 6.07) is 0. The van der Waals surface area contributed by atoms with Crippen molar-refractivity contribution in [2.24, 2.45) is 4.99 Å². The standard InChI is InChI=1S/C6H7NO4/c1-3-5(9)11-6(2,10)7-4-8/h3,10H,1H2,2H3. The van der Waals surface area contributed by atoms with Crippen LogP contribution in [0.1, 0.15) is 6.92 Å². The Balaban J connectivity index is 4.22. The molecule has 1 atom stereocenters. The summed E-state index contributed by atoms with van der Waals surface area (Å²) >= 11 is 0. The van der Waals surface area contributed by atoms with Gasteiger partial charge in [0.2, 0.25) is 6.08 Å². The van der Waals surface area contributed by atoms with Gasteiger partial charge in [-0.1, -0.05) is 6.58 Å². The maximum Gasteiger partial charge on any atom is 0.334 e. The van der Waals surface area contributed by atoms with Gasteiger partial charge in [-0.15, -0.1) is 4.99 Å². The Bertz CT molecular complexity index is 215. The molecule has 5 heteroatoms. The molecule has 0 aromatic rings. The molecule has 0 aliphatic carbocycles. The smallest absolute Gasteiger partial charge is 0.334 e. The van der Waals surface area contributed by atoms with Crippen molar-refractivity contribution in [3.8, 4) is 0 Å². The number of ether oxygens (including phenoxy) is 1. The summed E-state index contributed by atoms with van der Waals surface area (Å²) in [5.74, 6) is -3.01. The van der Waals surface area contributed by atoms with Crippen molar-refractivity contribution in [1.29, 1.82) is 0 Å². The Morgan fingerprint density at radius 3 is 2.82 bits per heavy atom. The van der Waals surface area contributed by atoms with Crippen LogP contribution in [0.5, 0.6) is 0 Å². The number of hydrogen-bond donors (Lipinski definition) is 1. The Hall–Kier alpha value is -1.45. The highest BCUT2D eigenvalue weighted by Crippen LogP contribution is 2.06. The molecule has 5 nitrogen and oxygen atoms in total. The summed E-state index contributed by atoms with van der Waals surface area (Å²) in [5.41, 5.74) is 0. The minimum atomic E-state index is -2.15. The van der Waals surface area contributed by atoms with Gasteiger partial charge in [0.15, 0.2) is 0 Å². The van der Waals surface area contributed by atoms with Crippen LogP contribution in [0.25, 0.3) is 0 Å². The third-order valence-corrected chi connectivity index (χ3v) is 0.714. The van der Waals surface area contributed by atoms with Crippen LogP contribution in [-0.4, -0.2) is 23.1 Å². The number of rotatable bonds is 3. The molecule has 0 aromatic carbocycles. The fourth-order valence-electron chi connectivity index (χ4n) is 0.340. The van der Waals surface area contributed by atoms with E-state index in [1.807, 2.05) is 0 Å². The van der Waals surface area contributed by atoms with Gasteiger partial charge in [-0.3, -0.25) is 0 Å². The molecule has 0 saturated heterocycles. The van der Waals surface area contributed by atoms with Crippen LogP contribution in [-0.2, 0) is 14.3 Å². The van der Waals surface area contributed by atoms with Gasteiger partial charge in [0, 0.05) is 13.0 Å². The summed E-state index contributed by atoms with van der Waals surface area (Å²) in [4.78, 5) is 22.8. The van der Waals surface area contributed by atoms with Gasteiger partial charge in [0.25, 0.3) is 0 Å². The van der Waals surface area contributed by atoms with Crippen LogP contribution in [0, 0.1) is 0 Å². The minimum Gasteiger partial charge on any atom is -0.409 e. The van der Waals surface area contributed by atoms with Gasteiger partial charge in [0.05, 0.1) is 0 Å². The SMILES string of the molecule is C=CC(=O)OC(C)(O)N=C=O. The van der Waals surface area contributed by atoms with Gasteiger partial charge >= 0.3 is 11.9 Å². The third-order valence-electron chi connectivity index (χ3n) is 0.714. The zero-order valence-corrected chi connectivity index (χ0v) is 5.90. The van der Waals surface area contributed by atoms with Crippen LogP contribution in [0.3, 0.4) is 0 Å². The lowest BCUT2D eigenvalue weighted by Gasteiger charge is -2.14. The lowest BCUT2D eigenvalue weighted by Crippen LogP contribution is -2.27. The first-order valence-corrected chi connectivity index (χ1v) is 2.68. The zero-order valence-electron chi connectivity index (χ0n) is 5.90. The lowest BCUT2D eigenvalue weighted by atomic mass is 10.5. The summed E-state index contributed by atoms with van der Waals surface area (Å²) in [6.07, 6.45) is 1.89. The molecule has 0 aliphatic heterocycles. The molecule has 0 amide bonds. The zero-order chi connectivity index (χ0) is 8.91. The Kier molecular flexibility index (Phi) is 3.17. The summed E-state index contributed by atoms with van der Waals surface area (Å²) in [5, 5.41) is 8.90. The number of nitrogens with zero attached hydrogens (tertiary/aromatic N) is 1. The van der Waals surface area contributed by atoms with E-state index in [0.717, 1.165) is 19.1 Å². The van der Waals surface area contributed by atoms with E-state index < -0.39 is 11.9 Å². The van der Waals surface area contributed by atoms with Crippen molar-refractivity contribution < 1.29 is 19.4 Å². The maximum absolute atomic E-state index is 10.4. The molecular weight excluding hydrogens is 150 g/mol. The molecule has 0 heterocycles. The van der Waals surface area contributed by atoms with Crippen LogP contribution in [0.4, 0.5) is 0 Å². The largest absolute Gasteiger partial charge is 0.409 e. The number of aliphatic imine (C=N–C) groups is 1. The highest BCUT2D eigenvalue weighted by molar-refractivity contribution is 5.81. The Labute approximate surface area is 63.0 Å². The normalized spacial score (nSPS) is 14.0. The van der Waals surface area contributed by atoms with E-state index in [1.54, 1.807) is 0 Å². The first kappa shape index (κ1) is 9.55. The van der Waals surface area contributed by atoms with E-state index in [1.165, 1.54) is 0 Å². The highest BCUT2D eigenvalue weighted by Gasteiger charge is 2.22. The van der Waals surface area contributed by atoms with E-state index >= 15 is 0 Å². The summed E-state index contributed by atoms with van der Waals surface area (Å²) in [7, 11) is 0. The molecule has 1 N–H and O–H groups in total. The number of hydrogen-bond acceptors (Lipinski definition) is 5. The number of esters is 1. The molecule has 60 valence electrons. The number of isocyanates is 1. The molecule has 0 fully saturated rings. The second kappa shape index (κ2) is 3.65. The third kappa shape index (κ3) is 4.02. The predicted molar refractivity (Wildman–Crippen MR) is 35.0 cm³/mol. The highest BCUT2D eigenvalue weighted by atomic mass is 16.7. The van der Waals surface area contributed by atoms with E-state index in [9.17, 15) is 9.59 Å². The quantitative estimate of drug-likeness (QED) is 0.201. The van der Waals surface area contributed by atoms with Crippen molar-refractivity contribution in [2.45, 2.75) is 12.8 Å². The molecule has 0 bridgehead atoms. The minimum absolute atomic E-state index is 0.842. The van der Waals surface area contributed by atoms with Crippen LogP contribution in [0.2, 0.25) is 0 Å². The summed E-state index contributed by atoms with van der Waals surface area (Å²) < 4.78 is 4.20. The predicted octanol–water partition coefficient (Wildman–Crippen LogP) is -0.283. The van der Waals surface area contributed by atoms with E-state index in [4.69, 9.17) is 5.11 Å². The molecule has 0 spiro atoms. The van der Waals surface area contributed by atoms with E-state index in [-0.39, 0.29) is 0 Å². The number of carbonyl (C=O) groups excluding carboxylic acids is 2. The van der Waals surface area contributed by atoms with Crippen molar-refractivity contribution in [1.82, 2.24) is 0 Å². The molecule has 0 aromatic heterocycles. The molecule has 0 rings (SSSR count). The van der Waals surface area contributed by atoms with Crippen molar-refractivity contribution in [3.05, 3.63) is 12.7 Å². The first-order valence-electron chi connectivity index (χ1n) is 2.68. The van der Waals surface area contributed by atoms with E-state index in [0.29, 0.717) is 0 Å². The van der Waals surface area contributed by atoms with Crippen molar-refractivity contribution in [3.63, 3.8) is 0 Å². The van der Waals surface area contributed by atoms with Gasteiger partial charge in [0.1, 0.15) is 0 Å².